The van der Waals surface area contributed by atoms with E-state index < -0.39 is 10.8 Å². The SMILES string of the molecule is O=C(COc1ccc(Cl)cc1Cl)N/N=C\c1cc([N+](=O)[O-])ccc1Cl. The summed E-state index contributed by atoms with van der Waals surface area (Å²) in [5.74, 6) is -0.254. The van der Waals surface area contributed by atoms with E-state index in [-0.39, 0.29) is 27.9 Å². The van der Waals surface area contributed by atoms with Gasteiger partial charge >= 0.3 is 0 Å². The molecule has 0 unspecified atom stereocenters. The number of ether oxygens (including phenoxy) is 1. The van der Waals surface area contributed by atoms with Crippen LogP contribution in [0.4, 0.5) is 5.69 Å². The average molecular weight is 403 g/mol. The third-order valence-corrected chi connectivity index (χ3v) is 3.71. The number of nitro benzene ring substituents is 1. The monoisotopic (exact) mass is 401 g/mol. The Hall–Kier alpha value is -2.35. The molecule has 2 aromatic rings. The molecule has 0 saturated carbocycles. The zero-order valence-electron chi connectivity index (χ0n) is 12.4. The minimum Gasteiger partial charge on any atom is -0.482 e. The standard InChI is InChI=1S/C15H10Cl3N3O4/c16-10-1-4-14(13(18)6-10)25-8-15(22)20-19-7-9-5-11(21(23)24)2-3-12(9)17/h1-7H,8H2,(H,20,22)/b19-7-. The van der Waals surface area contributed by atoms with E-state index in [1.54, 1.807) is 6.07 Å². The Bertz CT molecular complexity index is 843. The van der Waals surface area contributed by atoms with Crippen molar-refractivity contribution < 1.29 is 14.5 Å². The fourth-order valence-electron chi connectivity index (χ4n) is 1.69. The van der Waals surface area contributed by atoms with Crippen molar-refractivity contribution in [2.45, 2.75) is 0 Å². The lowest BCUT2D eigenvalue weighted by Gasteiger charge is -2.07. The molecule has 130 valence electrons. The number of hydrogen-bond acceptors (Lipinski definition) is 5. The molecule has 10 heteroatoms. The topological polar surface area (TPSA) is 93.8 Å². The maximum Gasteiger partial charge on any atom is 0.277 e. The fraction of sp³-hybridized carbons (Fsp3) is 0.0667. The summed E-state index contributed by atoms with van der Waals surface area (Å²) >= 11 is 17.6. The van der Waals surface area contributed by atoms with E-state index in [1.165, 1.54) is 36.5 Å². The van der Waals surface area contributed by atoms with Crippen LogP contribution in [-0.2, 0) is 4.79 Å². The van der Waals surface area contributed by atoms with Crippen molar-refractivity contribution in [1.82, 2.24) is 5.43 Å². The van der Waals surface area contributed by atoms with Crippen molar-refractivity contribution in [1.29, 1.82) is 0 Å². The van der Waals surface area contributed by atoms with E-state index >= 15 is 0 Å². The van der Waals surface area contributed by atoms with Crippen molar-refractivity contribution >= 4 is 52.6 Å². The highest BCUT2D eigenvalue weighted by Crippen LogP contribution is 2.27. The Kier molecular flexibility index (Phi) is 6.58. The number of hydrazone groups is 1. The fourth-order valence-corrected chi connectivity index (χ4v) is 2.31. The van der Waals surface area contributed by atoms with Gasteiger partial charge in [-0.15, -0.1) is 0 Å². The first-order valence-corrected chi connectivity index (χ1v) is 7.84. The second-order valence-corrected chi connectivity index (χ2v) is 5.87. The van der Waals surface area contributed by atoms with Crippen LogP contribution in [-0.4, -0.2) is 23.7 Å². The van der Waals surface area contributed by atoms with Crippen molar-refractivity contribution in [2.24, 2.45) is 5.10 Å². The minimum atomic E-state index is -0.560. The van der Waals surface area contributed by atoms with Crippen LogP contribution < -0.4 is 10.2 Å². The van der Waals surface area contributed by atoms with Gasteiger partial charge in [-0.3, -0.25) is 14.9 Å². The first kappa shape index (κ1) is 19.0. The summed E-state index contributed by atoms with van der Waals surface area (Å²) in [6.45, 7) is -0.332. The summed E-state index contributed by atoms with van der Waals surface area (Å²) in [6, 6.07) is 8.46. The largest absolute Gasteiger partial charge is 0.482 e. The van der Waals surface area contributed by atoms with E-state index in [1.807, 2.05) is 0 Å². The summed E-state index contributed by atoms with van der Waals surface area (Å²) in [5, 5.41) is 15.4. The molecule has 25 heavy (non-hydrogen) atoms. The molecule has 0 spiro atoms. The lowest BCUT2D eigenvalue weighted by molar-refractivity contribution is -0.384. The zero-order chi connectivity index (χ0) is 18.4. The van der Waals surface area contributed by atoms with Gasteiger partial charge in [0.05, 0.1) is 16.2 Å². The molecule has 0 atom stereocenters. The normalized spacial score (nSPS) is 10.7. The molecule has 0 radical (unpaired) electrons. The molecular formula is C15H10Cl3N3O4. The van der Waals surface area contributed by atoms with Crippen LogP contribution in [0.25, 0.3) is 0 Å². The summed E-state index contributed by atoms with van der Waals surface area (Å²) in [6.07, 6.45) is 1.20. The van der Waals surface area contributed by atoms with E-state index in [0.29, 0.717) is 10.8 Å². The number of nitrogens with zero attached hydrogens (tertiary/aromatic N) is 2. The first-order chi connectivity index (χ1) is 11.9. The third kappa shape index (κ3) is 5.60. The number of rotatable bonds is 6. The number of nitro groups is 1. The minimum absolute atomic E-state index is 0.141. The maximum atomic E-state index is 11.7. The van der Waals surface area contributed by atoms with E-state index in [2.05, 4.69) is 10.5 Å². The number of benzene rings is 2. The lowest BCUT2D eigenvalue weighted by Crippen LogP contribution is -2.24. The smallest absolute Gasteiger partial charge is 0.277 e. The van der Waals surface area contributed by atoms with Crippen molar-refractivity contribution in [3.63, 3.8) is 0 Å². The Labute approximate surface area is 157 Å². The van der Waals surface area contributed by atoms with Crippen molar-refractivity contribution in [2.75, 3.05) is 6.61 Å². The molecule has 7 nitrogen and oxygen atoms in total. The number of non-ortho nitro benzene ring substituents is 1. The van der Waals surface area contributed by atoms with Crippen LogP contribution in [0.3, 0.4) is 0 Å². The van der Waals surface area contributed by atoms with Crippen LogP contribution in [0, 0.1) is 10.1 Å². The van der Waals surface area contributed by atoms with Crippen molar-refractivity contribution in [3.05, 3.63) is 67.1 Å². The average Bonchev–Trinajstić information content (AvgIpc) is 2.55. The van der Waals surface area contributed by atoms with Crippen LogP contribution in [0.15, 0.2) is 41.5 Å². The van der Waals surface area contributed by atoms with Crippen LogP contribution in [0.2, 0.25) is 15.1 Å². The molecule has 0 fully saturated rings. The molecule has 0 aliphatic rings. The number of carbonyl (C=O) groups is 1. The van der Waals surface area contributed by atoms with Crippen LogP contribution in [0.1, 0.15) is 5.56 Å². The van der Waals surface area contributed by atoms with E-state index in [4.69, 9.17) is 39.5 Å². The predicted molar refractivity (Wildman–Crippen MR) is 95.8 cm³/mol. The Morgan fingerprint density at radius 3 is 2.64 bits per heavy atom. The summed E-state index contributed by atoms with van der Waals surface area (Å²) in [5.41, 5.74) is 2.36. The molecule has 2 aromatic carbocycles. The quantitative estimate of drug-likeness (QED) is 0.447. The van der Waals surface area contributed by atoms with Gasteiger partial charge in [0.15, 0.2) is 6.61 Å². The predicted octanol–water partition coefficient (Wildman–Crippen LogP) is 4.08. The number of nitrogens with one attached hydrogen (secondary N) is 1. The lowest BCUT2D eigenvalue weighted by atomic mass is 10.2. The first-order valence-electron chi connectivity index (χ1n) is 6.70. The summed E-state index contributed by atoms with van der Waals surface area (Å²) in [4.78, 5) is 21.9. The number of hydrogen-bond donors (Lipinski definition) is 1. The van der Waals surface area contributed by atoms with Gasteiger partial charge < -0.3 is 4.74 Å². The second kappa shape index (κ2) is 8.66. The molecule has 1 N–H and O–H groups in total. The third-order valence-electron chi connectivity index (χ3n) is 2.84. The van der Waals surface area contributed by atoms with Gasteiger partial charge in [-0.1, -0.05) is 34.8 Å². The van der Waals surface area contributed by atoms with Gasteiger partial charge in [0.2, 0.25) is 0 Å². The number of amides is 1. The molecule has 1 amide bonds. The molecule has 0 saturated heterocycles. The highest BCUT2D eigenvalue weighted by molar-refractivity contribution is 6.35. The summed E-state index contributed by atoms with van der Waals surface area (Å²) < 4.78 is 5.24. The van der Waals surface area contributed by atoms with Gasteiger partial charge in [-0.2, -0.15) is 5.10 Å². The molecule has 0 bridgehead atoms. The van der Waals surface area contributed by atoms with Gasteiger partial charge in [0.1, 0.15) is 5.75 Å². The Balaban J connectivity index is 1.92. The van der Waals surface area contributed by atoms with Crippen molar-refractivity contribution in [3.8, 4) is 5.75 Å². The van der Waals surface area contributed by atoms with Gasteiger partial charge in [0.25, 0.3) is 11.6 Å². The van der Waals surface area contributed by atoms with E-state index in [0.717, 1.165) is 0 Å². The Morgan fingerprint density at radius 2 is 1.96 bits per heavy atom. The van der Waals surface area contributed by atoms with Crippen LogP contribution >= 0.6 is 34.8 Å². The highest BCUT2D eigenvalue weighted by atomic mass is 35.5. The maximum absolute atomic E-state index is 11.7. The van der Waals surface area contributed by atoms with Gasteiger partial charge in [0, 0.05) is 27.7 Å². The van der Waals surface area contributed by atoms with E-state index in [9.17, 15) is 14.9 Å². The number of halogens is 3. The summed E-state index contributed by atoms with van der Waals surface area (Å²) in [7, 11) is 0. The molecule has 0 aromatic heterocycles. The molecule has 0 aliphatic carbocycles. The van der Waals surface area contributed by atoms with Crippen LogP contribution in [0.5, 0.6) is 5.75 Å². The Morgan fingerprint density at radius 1 is 1.20 bits per heavy atom. The van der Waals surface area contributed by atoms with Gasteiger partial charge in [-0.25, -0.2) is 5.43 Å². The highest BCUT2D eigenvalue weighted by Gasteiger charge is 2.09. The molecular weight excluding hydrogens is 393 g/mol. The zero-order valence-corrected chi connectivity index (χ0v) is 14.7. The molecule has 0 aliphatic heterocycles. The number of carbonyl (C=O) groups excluding carboxylic acids is 1. The van der Waals surface area contributed by atoms with Gasteiger partial charge in [-0.05, 0) is 24.3 Å². The molecule has 0 heterocycles. The second-order valence-electron chi connectivity index (χ2n) is 4.62. The molecule has 2 rings (SSSR count).